The van der Waals surface area contributed by atoms with E-state index in [2.05, 4.69) is 10.7 Å². The van der Waals surface area contributed by atoms with Crippen LogP contribution in [0.1, 0.15) is 6.92 Å². The number of carbonyl (C=O) groups excluding carboxylic acids is 1. The van der Waals surface area contributed by atoms with Gasteiger partial charge in [-0.05, 0) is 0 Å². The highest BCUT2D eigenvalue weighted by Gasteiger charge is 2.01. The Hall–Kier alpha value is -0.330. The van der Waals surface area contributed by atoms with Gasteiger partial charge in [0.15, 0.2) is 0 Å². The molecule has 9 heavy (non-hydrogen) atoms. The molecule has 7 heteroatoms. The highest BCUT2D eigenvalue weighted by molar-refractivity contribution is 8.12. The van der Waals surface area contributed by atoms with Crippen LogP contribution in [0.4, 0.5) is 0 Å². The quantitative estimate of drug-likeness (QED) is 0.419. The number of hydrogen-bond acceptors (Lipinski definition) is 3. The minimum Gasteiger partial charge on any atom is -0.277 e. The molecule has 2 N–H and O–H groups in total. The first-order chi connectivity index (χ1) is 3.92. The first kappa shape index (κ1) is 8.67. The van der Waals surface area contributed by atoms with E-state index >= 15 is 0 Å². The highest BCUT2D eigenvalue weighted by Crippen LogP contribution is 1.84. The number of hydrazine groups is 1. The highest BCUT2D eigenvalue weighted by atomic mass is 35.7. The molecule has 1 amide bonds. The van der Waals surface area contributed by atoms with Gasteiger partial charge in [0.25, 0.3) is 0 Å². The van der Waals surface area contributed by atoms with Gasteiger partial charge < -0.3 is 0 Å². The molecule has 0 saturated heterocycles. The van der Waals surface area contributed by atoms with E-state index in [1.54, 1.807) is 10.3 Å². The molecule has 0 fully saturated rings. The van der Waals surface area contributed by atoms with Crippen LogP contribution in [0.3, 0.4) is 0 Å². The normalized spacial score (nSPS) is 10.9. The van der Waals surface area contributed by atoms with E-state index in [1.165, 1.54) is 0 Å². The van der Waals surface area contributed by atoms with E-state index in [1.807, 2.05) is 0 Å². The Morgan fingerprint density at radius 3 is 2.11 bits per heavy atom. The van der Waals surface area contributed by atoms with Crippen LogP contribution < -0.4 is 10.3 Å². The molecule has 0 rings (SSSR count). The number of rotatable bonds is 2. The first-order valence-electron chi connectivity index (χ1n) is 1.90. The molecule has 0 aromatic rings. The summed E-state index contributed by atoms with van der Waals surface area (Å²) in [6.07, 6.45) is 0. The molecule has 0 heterocycles. The molecular formula is C2H5ClN2O3S. The van der Waals surface area contributed by atoms with Crippen molar-refractivity contribution in [3.05, 3.63) is 0 Å². The van der Waals surface area contributed by atoms with Crippen molar-refractivity contribution < 1.29 is 13.2 Å². The van der Waals surface area contributed by atoms with Crippen molar-refractivity contribution in [3.63, 3.8) is 0 Å². The van der Waals surface area contributed by atoms with Crippen LogP contribution in [0.2, 0.25) is 0 Å². The summed E-state index contributed by atoms with van der Waals surface area (Å²) in [6.45, 7) is 1.15. The van der Waals surface area contributed by atoms with Crippen molar-refractivity contribution in [3.8, 4) is 0 Å². The fourth-order valence-electron chi connectivity index (χ4n) is 0.133. The van der Waals surface area contributed by atoms with Crippen LogP contribution in [0.25, 0.3) is 0 Å². The van der Waals surface area contributed by atoms with Crippen LogP contribution in [0, 0.1) is 0 Å². The Bertz CT molecular complexity index is 198. The molecule has 0 radical (unpaired) electrons. The third-order valence-electron chi connectivity index (χ3n) is 0.349. The van der Waals surface area contributed by atoms with Crippen molar-refractivity contribution in [2.75, 3.05) is 0 Å². The Labute approximate surface area is 56.9 Å². The zero-order valence-corrected chi connectivity index (χ0v) is 6.08. The minimum absolute atomic E-state index is 0.528. The van der Waals surface area contributed by atoms with Crippen molar-refractivity contribution in [1.29, 1.82) is 0 Å². The summed E-state index contributed by atoms with van der Waals surface area (Å²) >= 11 is 0. The van der Waals surface area contributed by atoms with Gasteiger partial charge in [-0.3, -0.25) is 10.2 Å². The van der Waals surface area contributed by atoms with Gasteiger partial charge in [0.2, 0.25) is 5.91 Å². The molecule has 0 unspecified atom stereocenters. The first-order valence-corrected chi connectivity index (χ1v) is 4.21. The summed E-state index contributed by atoms with van der Waals surface area (Å²) in [7, 11) is 0.795. The zero-order chi connectivity index (χ0) is 7.49. The van der Waals surface area contributed by atoms with E-state index in [-0.39, 0.29) is 0 Å². The summed E-state index contributed by atoms with van der Waals surface area (Å²) in [5.41, 5.74) is 1.78. The molecule has 0 aliphatic heterocycles. The SMILES string of the molecule is CC(=O)NNS(=O)(=O)Cl. The van der Waals surface area contributed by atoms with Crippen molar-refractivity contribution in [2.24, 2.45) is 0 Å². The second-order valence-electron chi connectivity index (χ2n) is 1.22. The lowest BCUT2D eigenvalue weighted by Gasteiger charge is -1.96. The summed E-state index contributed by atoms with van der Waals surface area (Å²) in [5.74, 6) is -0.528. The second kappa shape index (κ2) is 3.00. The van der Waals surface area contributed by atoms with Crippen molar-refractivity contribution >= 4 is 25.8 Å². The lowest BCUT2D eigenvalue weighted by atomic mass is 10.8. The zero-order valence-electron chi connectivity index (χ0n) is 4.51. The molecule has 0 atom stereocenters. The maximum absolute atomic E-state index is 9.99. The lowest BCUT2D eigenvalue weighted by molar-refractivity contribution is -0.119. The van der Waals surface area contributed by atoms with Crippen LogP contribution in [-0.2, 0) is 14.0 Å². The fourth-order valence-corrected chi connectivity index (χ4v) is 0.514. The third-order valence-corrected chi connectivity index (χ3v) is 0.926. The number of amides is 1. The minimum atomic E-state index is -3.83. The van der Waals surface area contributed by atoms with E-state index in [9.17, 15) is 13.2 Å². The second-order valence-corrected chi connectivity index (χ2v) is 3.52. The number of halogens is 1. The van der Waals surface area contributed by atoms with Gasteiger partial charge in [0.1, 0.15) is 0 Å². The molecule has 0 saturated carbocycles. The van der Waals surface area contributed by atoms with E-state index in [4.69, 9.17) is 0 Å². The van der Waals surface area contributed by atoms with Gasteiger partial charge in [-0.2, -0.15) is 8.42 Å². The Morgan fingerprint density at radius 1 is 1.56 bits per heavy atom. The Morgan fingerprint density at radius 2 is 2.00 bits per heavy atom. The monoisotopic (exact) mass is 172 g/mol. The largest absolute Gasteiger partial charge is 0.314 e. The standard InChI is InChI=1S/C2H5ClN2O3S/c1-2(6)4-5-9(3,7)8/h5H,1H3,(H,4,6). The van der Waals surface area contributed by atoms with Gasteiger partial charge in [-0.15, -0.1) is 4.83 Å². The molecule has 54 valence electrons. The third kappa shape index (κ3) is 7.67. The molecule has 0 spiro atoms. The average Bonchev–Trinajstić information content (AvgIpc) is 1.59. The van der Waals surface area contributed by atoms with Crippen LogP contribution in [-0.4, -0.2) is 14.3 Å². The van der Waals surface area contributed by atoms with Gasteiger partial charge in [0, 0.05) is 17.6 Å². The predicted molar refractivity (Wildman–Crippen MR) is 31.7 cm³/mol. The molecule has 0 aliphatic rings. The Kier molecular flexibility index (Phi) is 2.89. The van der Waals surface area contributed by atoms with Gasteiger partial charge in [-0.25, -0.2) is 0 Å². The summed E-state index contributed by atoms with van der Waals surface area (Å²) in [4.78, 5) is 11.6. The number of hydrogen-bond donors (Lipinski definition) is 2. The van der Waals surface area contributed by atoms with Crippen LogP contribution in [0.5, 0.6) is 0 Å². The lowest BCUT2D eigenvalue weighted by Crippen LogP contribution is -2.37. The van der Waals surface area contributed by atoms with E-state index in [0.29, 0.717) is 0 Å². The van der Waals surface area contributed by atoms with Gasteiger partial charge in [-0.1, -0.05) is 0 Å². The molecule has 0 aromatic carbocycles. The maximum atomic E-state index is 9.99. The van der Waals surface area contributed by atoms with Gasteiger partial charge >= 0.3 is 9.24 Å². The van der Waals surface area contributed by atoms with Crippen molar-refractivity contribution in [2.45, 2.75) is 6.92 Å². The smallest absolute Gasteiger partial charge is 0.277 e. The van der Waals surface area contributed by atoms with Gasteiger partial charge in [0.05, 0.1) is 0 Å². The van der Waals surface area contributed by atoms with E-state index < -0.39 is 15.1 Å². The summed E-state index contributed by atoms with van der Waals surface area (Å²) in [6, 6.07) is 0. The van der Waals surface area contributed by atoms with Crippen LogP contribution >= 0.6 is 10.7 Å². The van der Waals surface area contributed by atoms with Crippen molar-refractivity contribution in [1.82, 2.24) is 10.3 Å². The Balaban J connectivity index is 3.67. The molecule has 0 bridgehead atoms. The molecule has 0 aliphatic carbocycles. The summed E-state index contributed by atoms with van der Waals surface area (Å²) in [5, 5.41) is 0. The van der Waals surface area contributed by atoms with Crippen LogP contribution in [0.15, 0.2) is 0 Å². The number of carbonyl (C=O) groups is 1. The maximum Gasteiger partial charge on any atom is 0.314 e. The number of nitrogens with one attached hydrogen (secondary N) is 2. The fraction of sp³-hybridized carbons (Fsp3) is 0.500. The molecular weight excluding hydrogens is 168 g/mol. The topological polar surface area (TPSA) is 75.3 Å². The predicted octanol–water partition coefficient (Wildman–Crippen LogP) is -0.889. The summed E-state index contributed by atoms with van der Waals surface area (Å²) < 4.78 is 20.0. The molecule has 5 nitrogen and oxygen atoms in total. The molecule has 0 aromatic heterocycles. The van der Waals surface area contributed by atoms with E-state index in [0.717, 1.165) is 6.92 Å². The average molecular weight is 173 g/mol.